The van der Waals surface area contributed by atoms with Crippen LogP contribution in [0.2, 0.25) is 0 Å². The average molecular weight is 419 g/mol. The molecule has 7 nitrogen and oxygen atoms in total. The summed E-state index contributed by atoms with van der Waals surface area (Å²) in [5.74, 6) is -0.782. The Morgan fingerprint density at radius 3 is 2.58 bits per heavy atom. The minimum absolute atomic E-state index is 0.0535. The Kier molecular flexibility index (Phi) is 5.86. The molecule has 0 saturated heterocycles. The zero-order valence-electron chi connectivity index (χ0n) is 17.3. The summed E-state index contributed by atoms with van der Waals surface area (Å²) in [5, 5.41) is 13.1. The van der Waals surface area contributed by atoms with E-state index in [4.69, 9.17) is 10.2 Å². The Bertz CT molecular complexity index is 1110. The van der Waals surface area contributed by atoms with Crippen LogP contribution in [0.1, 0.15) is 52.2 Å². The predicted molar refractivity (Wildman–Crippen MR) is 116 cm³/mol. The zero-order valence-corrected chi connectivity index (χ0v) is 17.3. The molecule has 1 aliphatic rings. The van der Waals surface area contributed by atoms with Crippen LogP contribution in [-0.2, 0) is 0 Å². The van der Waals surface area contributed by atoms with E-state index >= 15 is 0 Å². The molecular weight excluding hydrogens is 394 g/mol. The number of rotatable bonds is 5. The molecule has 0 unspecified atom stereocenters. The SMILES string of the molecule is Cc1ccc(C(=O)N[C@H]2CCCC[C@@H]2O)cc1-c1nc(-c2ccccc2)oc1C(N)=O. The third-order valence-electron chi connectivity index (χ3n) is 5.67. The van der Waals surface area contributed by atoms with E-state index in [9.17, 15) is 14.7 Å². The summed E-state index contributed by atoms with van der Waals surface area (Å²) in [6.45, 7) is 1.86. The first-order valence-electron chi connectivity index (χ1n) is 10.4. The first-order valence-corrected chi connectivity index (χ1v) is 10.4. The van der Waals surface area contributed by atoms with Gasteiger partial charge in [0.2, 0.25) is 11.7 Å². The van der Waals surface area contributed by atoms with Gasteiger partial charge in [0.15, 0.2) is 0 Å². The molecule has 0 radical (unpaired) electrons. The van der Waals surface area contributed by atoms with E-state index in [1.165, 1.54) is 0 Å². The third kappa shape index (κ3) is 4.36. The van der Waals surface area contributed by atoms with Crippen LogP contribution in [0, 0.1) is 6.92 Å². The standard InChI is InChI=1S/C24H25N3O4/c1-14-11-12-16(23(30)26-18-9-5-6-10-19(18)28)13-17(14)20-21(22(25)29)31-24(27-20)15-7-3-2-4-8-15/h2-4,7-8,11-13,18-19,28H,5-6,9-10H2,1H3,(H2,25,29)(H,26,30)/t18-,19-/m0/s1. The highest BCUT2D eigenvalue weighted by molar-refractivity contribution is 5.99. The van der Waals surface area contributed by atoms with E-state index in [2.05, 4.69) is 10.3 Å². The predicted octanol–water partition coefficient (Wildman–Crippen LogP) is 3.45. The van der Waals surface area contributed by atoms with Crippen molar-refractivity contribution in [1.82, 2.24) is 10.3 Å². The van der Waals surface area contributed by atoms with E-state index in [0.29, 0.717) is 28.8 Å². The normalized spacial score (nSPS) is 18.5. The van der Waals surface area contributed by atoms with Gasteiger partial charge in [0.25, 0.3) is 11.8 Å². The average Bonchev–Trinajstić information content (AvgIpc) is 3.22. The first-order chi connectivity index (χ1) is 14.9. The van der Waals surface area contributed by atoms with E-state index < -0.39 is 12.0 Å². The minimum Gasteiger partial charge on any atom is -0.430 e. The highest BCUT2D eigenvalue weighted by Gasteiger charge is 2.26. The van der Waals surface area contributed by atoms with Crippen LogP contribution >= 0.6 is 0 Å². The second-order valence-corrected chi connectivity index (χ2v) is 7.89. The van der Waals surface area contributed by atoms with Crippen LogP contribution in [0.5, 0.6) is 0 Å². The number of hydrogen-bond acceptors (Lipinski definition) is 5. The second kappa shape index (κ2) is 8.73. The van der Waals surface area contributed by atoms with Crippen LogP contribution in [0.4, 0.5) is 0 Å². The number of nitrogens with two attached hydrogens (primary N) is 1. The number of amides is 2. The molecule has 2 atom stereocenters. The maximum atomic E-state index is 12.8. The maximum absolute atomic E-state index is 12.8. The van der Waals surface area contributed by atoms with Gasteiger partial charge in [0.05, 0.1) is 12.1 Å². The molecule has 0 spiro atoms. The lowest BCUT2D eigenvalue weighted by Crippen LogP contribution is -2.45. The molecule has 0 bridgehead atoms. The number of nitrogens with one attached hydrogen (secondary N) is 1. The van der Waals surface area contributed by atoms with Crippen molar-refractivity contribution >= 4 is 11.8 Å². The van der Waals surface area contributed by atoms with Crippen molar-refractivity contribution in [2.45, 2.75) is 44.8 Å². The molecule has 2 amide bonds. The molecule has 1 heterocycles. The van der Waals surface area contributed by atoms with Crippen molar-refractivity contribution in [3.05, 3.63) is 65.4 Å². The summed E-state index contributed by atoms with van der Waals surface area (Å²) in [7, 11) is 0. The van der Waals surface area contributed by atoms with Crippen molar-refractivity contribution in [2.75, 3.05) is 0 Å². The number of carbonyl (C=O) groups is 2. The highest BCUT2D eigenvalue weighted by Crippen LogP contribution is 2.31. The quantitative estimate of drug-likeness (QED) is 0.585. The Hall–Kier alpha value is -3.45. The fraction of sp³-hybridized carbons (Fsp3) is 0.292. The Morgan fingerprint density at radius 2 is 1.87 bits per heavy atom. The van der Waals surface area contributed by atoms with Gasteiger partial charge in [-0.2, -0.15) is 0 Å². The summed E-state index contributed by atoms with van der Waals surface area (Å²) in [6.07, 6.45) is 2.85. The van der Waals surface area contributed by atoms with Crippen molar-refractivity contribution in [3.63, 3.8) is 0 Å². The molecule has 2 aromatic carbocycles. The van der Waals surface area contributed by atoms with Gasteiger partial charge in [-0.1, -0.05) is 37.1 Å². The van der Waals surface area contributed by atoms with E-state index in [-0.39, 0.29) is 23.6 Å². The zero-order chi connectivity index (χ0) is 22.0. The fourth-order valence-electron chi connectivity index (χ4n) is 3.92. The van der Waals surface area contributed by atoms with Crippen LogP contribution in [0.25, 0.3) is 22.7 Å². The highest BCUT2D eigenvalue weighted by atomic mass is 16.4. The number of aliphatic hydroxyl groups excluding tert-OH is 1. The molecule has 1 aromatic heterocycles. The number of aliphatic hydroxyl groups is 1. The number of aromatic nitrogens is 1. The Morgan fingerprint density at radius 1 is 1.13 bits per heavy atom. The lowest BCUT2D eigenvalue weighted by molar-refractivity contribution is 0.0717. The molecule has 4 rings (SSSR count). The molecule has 0 aliphatic heterocycles. The van der Waals surface area contributed by atoms with Gasteiger partial charge in [-0.05, 0) is 49.6 Å². The number of carbonyl (C=O) groups excluding carboxylic acids is 2. The van der Waals surface area contributed by atoms with Crippen molar-refractivity contribution in [3.8, 4) is 22.7 Å². The molecule has 3 aromatic rings. The van der Waals surface area contributed by atoms with Gasteiger partial charge in [-0.25, -0.2) is 4.98 Å². The molecule has 160 valence electrons. The number of nitrogens with zero attached hydrogens (tertiary/aromatic N) is 1. The van der Waals surface area contributed by atoms with Crippen LogP contribution in [0.15, 0.2) is 52.9 Å². The van der Waals surface area contributed by atoms with Crippen LogP contribution < -0.4 is 11.1 Å². The summed E-state index contributed by atoms with van der Waals surface area (Å²) >= 11 is 0. The third-order valence-corrected chi connectivity index (χ3v) is 5.67. The Labute approximate surface area is 180 Å². The molecule has 1 aliphatic carbocycles. The number of oxazole rings is 1. The van der Waals surface area contributed by atoms with Crippen molar-refractivity contribution in [1.29, 1.82) is 0 Å². The molecule has 31 heavy (non-hydrogen) atoms. The fourth-order valence-corrected chi connectivity index (χ4v) is 3.92. The molecule has 4 N–H and O–H groups in total. The van der Waals surface area contributed by atoms with Crippen molar-refractivity contribution in [2.24, 2.45) is 5.73 Å². The van der Waals surface area contributed by atoms with E-state index in [0.717, 1.165) is 24.8 Å². The summed E-state index contributed by atoms with van der Waals surface area (Å²) in [4.78, 5) is 29.4. The van der Waals surface area contributed by atoms with Gasteiger partial charge >= 0.3 is 0 Å². The van der Waals surface area contributed by atoms with Gasteiger partial charge in [-0.3, -0.25) is 9.59 Å². The topological polar surface area (TPSA) is 118 Å². The number of primary amides is 1. The van der Waals surface area contributed by atoms with Gasteiger partial charge in [0, 0.05) is 16.7 Å². The maximum Gasteiger partial charge on any atom is 0.286 e. The molecule has 1 saturated carbocycles. The number of benzene rings is 2. The van der Waals surface area contributed by atoms with Crippen LogP contribution in [-0.4, -0.2) is 34.1 Å². The lowest BCUT2D eigenvalue weighted by atomic mass is 9.92. The van der Waals surface area contributed by atoms with E-state index in [1.54, 1.807) is 18.2 Å². The second-order valence-electron chi connectivity index (χ2n) is 7.89. The van der Waals surface area contributed by atoms with Gasteiger partial charge < -0.3 is 20.6 Å². The van der Waals surface area contributed by atoms with Crippen LogP contribution in [0.3, 0.4) is 0 Å². The summed E-state index contributed by atoms with van der Waals surface area (Å²) < 4.78 is 5.69. The van der Waals surface area contributed by atoms with Gasteiger partial charge in [0.1, 0.15) is 5.69 Å². The Balaban J connectivity index is 1.69. The lowest BCUT2D eigenvalue weighted by Gasteiger charge is -2.28. The van der Waals surface area contributed by atoms with Gasteiger partial charge in [-0.15, -0.1) is 0 Å². The smallest absolute Gasteiger partial charge is 0.286 e. The monoisotopic (exact) mass is 419 g/mol. The molecular formula is C24H25N3O4. The largest absolute Gasteiger partial charge is 0.430 e. The summed E-state index contributed by atoms with van der Waals surface area (Å²) in [5.41, 5.74) is 8.40. The molecule has 7 heteroatoms. The molecule has 1 fully saturated rings. The minimum atomic E-state index is -0.732. The summed E-state index contributed by atoms with van der Waals surface area (Å²) in [6, 6.07) is 14.1. The number of hydrogen-bond donors (Lipinski definition) is 3. The van der Waals surface area contributed by atoms with E-state index in [1.807, 2.05) is 37.3 Å². The number of aryl methyl sites for hydroxylation is 1. The van der Waals surface area contributed by atoms with Crippen molar-refractivity contribution < 1.29 is 19.1 Å². The first kappa shape index (κ1) is 20.8.